The molecule has 0 fully saturated rings. The molecule has 94 valence electrons. The number of nitrogens with two attached hydrogens (primary N) is 1. The molecule has 0 unspecified atom stereocenters. The molecule has 0 spiro atoms. The molecule has 0 radical (unpaired) electrons. The highest BCUT2D eigenvalue weighted by Crippen LogP contribution is 2.21. The molecule has 4 N–H and O–H groups in total. The molecule has 1 aromatic rings. The Morgan fingerprint density at radius 3 is 2.59 bits per heavy atom. The van der Waals surface area contributed by atoms with Crippen LogP contribution in [0.4, 0.5) is 18.9 Å². The SMILES string of the molecule is Nc1ccc(C(=O)NCCC(F)(F)F)cc1O. The molecule has 17 heavy (non-hydrogen) atoms. The Bertz CT molecular complexity index is 419. The Morgan fingerprint density at radius 1 is 1.41 bits per heavy atom. The first-order chi connectivity index (χ1) is 7.79. The van der Waals surface area contributed by atoms with Crippen molar-refractivity contribution < 1.29 is 23.1 Å². The van der Waals surface area contributed by atoms with Gasteiger partial charge in [0.2, 0.25) is 0 Å². The van der Waals surface area contributed by atoms with Gasteiger partial charge in [-0.3, -0.25) is 4.79 Å². The number of phenols is 1. The van der Waals surface area contributed by atoms with E-state index in [0.717, 1.165) is 6.07 Å². The van der Waals surface area contributed by atoms with Crippen molar-refractivity contribution in [1.29, 1.82) is 0 Å². The highest BCUT2D eigenvalue weighted by molar-refractivity contribution is 5.95. The summed E-state index contributed by atoms with van der Waals surface area (Å²) in [6, 6.07) is 3.71. The minimum absolute atomic E-state index is 0.0545. The van der Waals surface area contributed by atoms with E-state index in [-0.39, 0.29) is 17.0 Å². The second-order valence-electron chi connectivity index (χ2n) is 3.39. The lowest BCUT2D eigenvalue weighted by Gasteiger charge is -2.08. The first kappa shape index (κ1) is 13.1. The number of anilines is 1. The van der Waals surface area contributed by atoms with Crippen LogP contribution in [-0.2, 0) is 0 Å². The van der Waals surface area contributed by atoms with Crippen LogP contribution in [-0.4, -0.2) is 23.7 Å². The van der Waals surface area contributed by atoms with Gasteiger partial charge in [-0.05, 0) is 18.2 Å². The number of aromatic hydroxyl groups is 1. The lowest BCUT2D eigenvalue weighted by molar-refractivity contribution is -0.132. The fraction of sp³-hybridized carbons (Fsp3) is 0.300. The van der Waals surface area contributed by atoms with Crippen molar-refractivity contribution in [1.82, 2.24) is 5.32 Å². The van der Waals surface area contributed by atoms with Gasteiger partial charge in [-0.25, -0.2) is 0 Å². The molecule has 0 aliphatic carbocycles. The third-order valence-corrected chi connectivity index (χ3v) is 1.99. The molecular formula is C10H11F3N2O2. The molecule has 1 amide bonds. The minimum Gasteiger partial charge on any atom is -0.506 e. The van der Waals surface area contributed by atoms with Crippen molar-refractivity contribution in [2.75, 3.05) is 12.3 Å². The van der Waals surface area contributed by atoms with Gasteiger partial charge in [-0.1, -0.05) is 0 Å². The van der Waals surface area contributed by atoms with E-state index >= 15 is 0 Å². The summed E-state index contributed by atoms with van der Waals surface area (Å²) in [6.07, 6.45) is -5.41. The number of phenolic OH excluding ortho intramolecular Hbond substituents is 1. The molecule has 0 aromatic heterocycles. The maximum atomic E-state index is 11.8. The number of hydrogen-bond donors (Lipinski definition) is 3. The smallest absolute Gasteiger partial charge is 0.390 e. The zero-order valence-corrected chi connectivity index (χ0v) is 8.71. The average molecular weight is 248 g/mol. The first-order valence-corrected chi connectivity index (χ1v) is 4.73. The third kappa shape index (κ3) is 4.21. The van der Waals surface area contributed by atoms with Crippen LogP contribution in [0.25, 0.3) is 0 Å². The van der Waals surface area contributed by atoms with Gasteiger partial charge in [0.1, 0.15) is 5.75 Å². The fourth-order valence-electron chi connectivity index (χ4n) is 1.10. The van der Waals surface area contributed by atoms with Gasteiger partial charge < -0.3 is 16.2 Å². The summed E-state index contributed by atoms with van der Waals surface area (Å²) >= 11 is 0. The van der Waals surface area contributed by atoms with E-state index in [9.17, 15) is 23.1 Å². The number of carbonyl (C=O) groups excluding carboxylic acids is 1. The molecule has 7 heteroatoms. The fourth-order valence-corrected chi connectivity index (χ4v) is 1.10. The van der Waals surface area contributed by atoms with Crippen molar-refractivity contribution >= 4 is 11.6 Å². The number of carbonyl (C=O) groups is 1. The number of rotatable bonds is 3. The lowest BCUT2D eigenvalue weighted by Crippen LogP contribution is -2.27. The number of hydrogen-bond acceptors (Lipinski definition) is 3. The van der Waals surface area contributed by atoms with Gasteiger partial charge in [0, 0.05) is 12.1 Å². The zero-order valence-electron chi connectivity index (χ0n) is 8.71. The summed E-state index contributed by atoms with van der Waals surface area (Å²) in [5.74, 6) is -0.974. The minimum atomic E-state index is -4.31. The third-order valence-electron chi connectivity index (χ3n) is 1.99. The maximum absolute atomic E-state index is 11.8. The zero-order chi connectivity index (χ0) is 13.1. The quantitative estimate of drug-likeness (QED) is 0.562. The average Bonchev–Trinajstić information content (AvgIpc) is 2.20. The van der Waals surface area contributed by atoms with Crippen LogP contribution >= 0.6 is 0 Å². The van der Waals surface area contributed by atoms with Crippen molar-refractivity contribution in [2.24, 2.45) is 0 Å². The van der Waals surface area contributed by atoms with Gasteiger partial charge in [-0.15, -0.1) is 0 Å². The van der Waals surface area contributed by atoms with Crippen molar-refractivity contribution in [2.45, 2.75) is 12.6 Å². The second-order valence-corrected chi connectivity index (χ2v) is 3.39. The Hall–Kier alpha value is -1.92. The Morgan fingerprint density at radius 2 is 2.06 bits per heavy atom. The van der Waals surface area contributed by atoms with Crippen molar-refractivity contribution in [3.8, 4) is 5.75 Å². The second kappa shape index (κ2) is 4.94. The monoisotopic (exact) mass is 248 g/mol. The summed E-state index contributed by atoms with van der Waals surface area (Å²) in [7, 11) is 0. The van der Waals surface area contributed by atoms with E-state index in [4.69, 9.17) is 5.73 Å². The predicted octanol–water partition coefficient (Wildman–Crippen LogP) is 1.66. The summed E-state index contributed by atoms with van der Waals surface area (Å²) in [5.41, 5.74) is 5.46. The summed E-state index contributed by atoms with van der Waals surface area (Å²) in [6.45, 7) is -0.506. The predicted molar refractivity (Wildman–Crippen MR) is 55.5 cm³/mol. The number of benzene rings is 1. The molecule has 0 saturated heterocycles. The van der Waals surface area contributed by atoms with Crippen LogP contribution in [0.15, 0.2) is 18.2 Å². The Kier molecular flexibility index (Phi) is 3.82. The Labute approximate surface area is 95.2 Å². The number of amides is 1. The van der Waals surface area contributed by atoms with E-state index in [1.165, 1.54) is 12.1 Å². The molecule has 1 aromatic carbocycles. The maximum Gasteiger partial charge on any atom is 0.390 e. The number of nitrogens with one attached hydrogen (secondary N) is 1. The number of nitrogen functional groups attached to an aromatic ring is 1. The molecule has 4 nitrogen and oxygen atoms in total. The number of alkyl halides is 3. The molecule has 0 saturated carbocycles. The van der Waals surface area contributed by atoms with Gasteiger partial charge in [0.25, 0.3) is 5.91 Å². The van der Waals surface area contributed by atoms with Crippen LogP contribution in [0.2, 0.25) is 0 Å². The van der Waals surface area contributed by atoms with Crippen molar-refractivity contribution in [3.63, 3.8) is 0 Å². The van der Waals surface area contributed by atoms with Crippen LogP contribution in [0.1, 0.15) is 16.8 Å². The van der Waals surface area contributed by atoms with Crippen molar-refractivity contribution in [3.05, 3.63) is 23.8 Å². The molecule has 1 rings (SSSR count). The summed E-state index contributed by atoms with van der Waals surface area (Å²) in [5, 5.41) is 11.3. The molecular weight excluding hydrogens is 237 g/mol. The Balaban J connectivity index is 2.56. The molecule has 0 aliphatic rings. The molecule has 0 heterocycles. The van der Waals surface area contributed by atoms with E-state index in [0.29, 0.717) is 0 Å². The molecule has 0 atom stereocenters. The lowest BCUT2D eigenvalue weighted by atomic mass is 10.2. The van der Waals surface area contributed by atoms with Gasteiger partial charge in [0.05, 0.1) is 12.1 Å². The van der Waals surface area contributed by atoms with E-state index in [2.05, 4.69) is 5.32 Å². The molecule has 0 aliphatic heterocycles. The molecule has 0 bridgehead atoms. The standard InChI is InChI=1S/C10H11F3N2O2/c11-10(12,13)3-4-15-9(17)6-1-2-7(14)8(16)5-6/h1-2,5,16H,3-4,14H2,(H,15,17). The van der Waals surface area contributed by atoms with Crippen LogP contribution in [0.5, 0.6) is 5.75 Å². The number of halogens is 3. The highest BCUT2D eigenvalue weighted by Gasteiger charge is 2.26. The van der Waals surface area contributed by atoms with Crippen LogP contribution in [0, 0.1) is 0 Å². The van der Waals surface area contributed by atoms with Gasteiger partial charge >= 0.3 is 6.18 Å². The largest absolute Gasteiger partial charge is 0.506 e. The van der Waals surface area contributed by atoms with E-state index < -0.39 is 25.0 Å². The summed E-state index contributed by atoms with van der Waals surface area (Å²) in [4.78, 5) is 11.4. The van der Waals surface area contributed by atoms with Crippen LogP contribution < -0.4 is 11.1 Å². The summed E-state index contributed by atoms with van der Waals surface area (Å²) < 4.78 is 35.5. The highest BCUT2D eigenvalue weighted by atomic mass is 19.4. The van der Waals surface area contributed by atoms with Crippen LogP contribution in [0.3, 0.4) is 0 Å². The topological polar surface area (TPSA) is 75.4 Å². The van der Waals surface area contributed by atoms with Gasteiger partial charge in [-0.2, -0.15) is 13.2 Å². The van der Waals surface area contributed by atoms with Gasteiger partial charge in [0.15, 0.2) is 0 Å². The first-order valence-electron chi connectivity index (χ1n) is 4.73. The van der Waals surface area contributed by atoms with E-state index in [1.807, 2.05) is 0 Å². The van der Waals surface area contributed by atoms with E-state index in [1.54, 1.807) is 0 Å². The normalized spacial score (nSPS) is 11.2.